The first-order chi connectivity index (χ1) is 7.76. The van der Waals surface area contributed by atoms with Crippen molar-refractivity contribution in [3.05, 3.63) is 36.4 Å². The summed E-state index contributed by atoms with van der Waals surface area (Å²) in [6.07, 6.45) is 2.92. The summed E-state index contributed by atoms with van der Waals surface area (Å²) < 4.78 is 14.8. The molecule has 0 radical (unpaired) electrons. The van der Waals surface area contributed by atoms with Crippen LogP contribution in [0.25, 0.3) is 0 Å². The molecule has 0 atom stereocenters. The van der Waals surface area contributed by atoms with Crippen LogP contribution in [0, 0.1) is 0 Å². The van der Waals surface area contributed by atoms with Crippen LogP contribution in [0.15, 0.2) is 36.4 Å². The van der Waals surface area contributed by atoms with Crippen molar-refractivity contribution in [2.24, 2.45) is 0 Å². The van der Waals surface area contributed by atoms with Gasteiger partial charge in [0, 0.05) is 6.08 Å². The Morgan fingerprint density at radius 1 is 1.19 bits per heavy atom. The van der Waals surface area contributed by atoms with Gasteiger partial charge in [-0.2, -0.15) is 0 Å². The van der Waals surface area contributed by atoms with E-state index >= 15 is 0 Å². The van der Waals surface area contributed by atoms with Crippen LogP contribution in [0.2, 0.25) is 0 Å². The van der Waals surface area contributed by atoms with Crippen molar-refractivity contribution < 1.29 is 19.0 Å². The lowest BCUT2D eigenvalue weighted by Gasteiger charge is -2.04. The smallest absolute Gasteiger partial charge is 0.330 e. The number of hydrogen-bond donors (Lipinski definition) is 0. The Morgan fingerprint density at radius 2 is 1.81 bits per heavy atom. The quantitative estimate of drug-likeness (QED) is 0.563. The highest BCUT2D eigenvalue weighted by molar-refractivity contribution is 5.81. The van der Waals surface area contributed by atoms with Gasteiger partial charge in [0.2, 0.25) is 0 Å². The van der Waals surface area contributed by atoms with Crippen molar-refractivity contribution >= 4 is 5.97 Å². The van der Waals surface area contributed by atoms with Crippen LogP contribution < -0.4 is 9.47 Å². The Kier molecular flexibility index (Phi) is 4.92. The van der Waals surface area contributed by atoms with E-state index in [0.717, 1.165) is 11.5 Å². The van der Waals surface area contributed by atoms with Gasteiger partial charge >= 0.3 is 5.97 Å². The van der Waals surface area contributed by atoms with E-state index in [0.29, 0.717) is 6.61 Å². The molecule has 0 aliphatic heterocycles. The molecule has 86 valence electrons. The van der Waals surface area contributed by atoms with Crippen LogP contribution in [0.5, 0.6) is 11.5 Å². The predicted molar refractivity (Wildman–Crippen MR) is 59.6 cm³/mol. The topological polar surface area (TPSA) is 44.8 Å². The van der Waals surface area contributed by atoms with Crippen LogP contribution in [0.1, 0.15) is 0 Å². The molecule has 16 heavy (non-hydrogen) atoms. The number of carbonyl (C=O) groups is 1. The average molecular weight is 222 g/mol. The van der Waals surface area contributed by atoms with E-state index in [-0.39, 0.29) is 0 Å². The molecule has 0 aliphatic rings. The third kappa shape index (κ3) is 4.04. The predicted octanol–water partition coefficient (Wildman–Crippen LogP) is 1.80. The summed E-state index contributed by atoms with van der Waals surface area (Å²) in [5, 5.41) is 0. The Hall–Kier alpha value is -1.97. The van der Waals surface area contributed by atoms with Crippen LogP contribution in [-0.4, -0.2) is 26.8 Å². The highest BCUT2D eigenvalue weighted by Gasteiger charge is 1.94. The van der Waals surface area contributed by atoms with Crippen molar-refractivity contribution in [3.63, 3.8) is 0 Å². The zero-order chi connectivity index (χ0) is 11.8. The van der Waals surface area contributed by atoms with Crippen LogP contribution in [-0.2, 0) is 9.53 Å². The molecule has 0 aromatic heterocycles. The van der Waals surface area contributed by atoms with Gasteiger partial charge in [0.05, 0.1) is 14.2 Å². The minimum absolute atomic E-state index is 0.321. The first-order valence-corrected chi connectivity index (χ1v) is 4.77. The molecule has 4 heteroatoms. The van der Waals surface area contributed by atoms with Gasteiger partial charge in [0.15, 0.2) is 0 Å². The fourth-order valence-corrected chi connectivity index (χ4v) is 1.03. The molecule has 1 aromatic rings. The second-order valence-corrected chi connectivity index (χ2v) is 2.91. The molecule has 0 aliphatic carbocycles. The van der Waals surface area contributed by atoms with Crippen molar-refractivity contribution in [3.8, 4) is 11.5 Å². The molecular formula is C12H14O4. The third-order valence-corrected chi connectivity index (χ3v) is 1.86. The summed E-state index contributed by atoms with van der Waals surface area (Å²) in [4.78, 5) is 10.7. The number of methoxy groups -OCH3 is 2. The largest absolute Gasteiger partial charge is 0.497 e. The molecule has 0 saturated heterocycles. The zero-order valence-electron chi connectivity index (χ0n) is 9.30. The summed E-state index contributed by atoms with van der Waals surface area (Å²) in [5.74, 6) is 1.10. The molecule has 1 rings (SSSR count). The highest BCUT2D eigenvalue weighted by Crippen LogP contribution is 2.16. The first-order valence-electron chi connectivity index (χ1n) is 4.77. The molecule has 0 fully saturated rings. The van der Waals surface area contributed by atoms with Crippen molar-refractivity contribution in [1.82, 2.24) is 0 Å². The van der Waals surface area contributed by atoms with Crippen molar-refractivity contribution in [1.29, 1.82) is 0 Å². The minimum atomic E-state index is -0.390. The fraction of sp³-hybridized carbons (Fsp3) is 0.250. The van der Waals surface area contributed by atoms with Crippen molar-refractivity contribution in [2.75, 3.05) is 20.8 Å². The Morgan fingerprint density at radius 3 is 2.38 bits per heavy atom. The molecular weight excluding hydrogens is 208 g/mol. The minimum Gasteiger partial charge on any atom is -0.497 e. The van der Waals surface area contributed by atoms with E-state index in [2.05, 4.69) is 4.74 Å². The van der Waals surface area contributed by atoms with Crippen LogP contribution >= 0.6 is 0 Å². The molecule has 1 aromatic carbocycles. The van der Waals surface area contributed by atoms with Crippen LogP contribution in [0.3, 0.4) is 0 Å². The maximum Gasteiger partial charge on any atom is 0.330 e. The van der Waals surface area contributed by atoms with Crippen molar-refractivity contribution in [2.45, 2.75) is 0 Å². The van der Waals surface area contributed by atoms with Gasteiger partial charge in [0.25, 0.3) is 0 Å². The van der Waals surface area contributed by atoms with Crippen LogP contribution in [0.4, 0.5) is 0 Å². The number of ether oxygens (including phenoxy) is 3. The van der Waals surface area contributed by atoms with Gasteiger partial charge in [-0.25, -0.2) is 4.79 Å². The first kappa shape index (κ1) is 12.1. The van der Waals surface area contributed by atoms with E-state index in [1.165, 1.54) is 13.2 Å². The van der Waals surface area contributed by atoms with Gasteiger partial charge in [-0.1, -0.05) is 0 Å². The summed E-state index contributed by atoms with van der Waals surface area (Å²) in [5.41, 5.74) is 0. The lowest BCUT2D eigenvalue weighted by Crippen LogP contribution is -1.97. The maximum absolute atomic E-state index is 10.7. The summed E-state index contributed by atoms with van der Waals surface area (Å²) in [7, 11) is 2.94. The number of rotatable bonds is 5. The zero-order valence-corrected chi connectivity index (χ0v) is 9.30. The number of benzene rings is 1. The van der Waals surface area contributed by atoms with Gasteiger partial charge in [-0.05, 0) is 30.3 Å². The molecule has 0 unspecified atom stereocenters. The molecule has 0 amide bonds. The lowest BCUT2D eigenvalue weighted by molar-refractivity contribution is -0.134. The van der Waals surface area contributed by atoms with E-state index in [9.17, 15) is 4.79 Å². The number of esters is 1. The molecule has 0 N–H and O–H groups in total. The molecule has 4 nitrogen and oxygen atoms in total. The van der Waals surface area contributed by atoms with E-state index in [4.69, 9.17) is 9.47 Å². The number of hydrogen-bond acceptors (Lipinski definition) is 4. The van der Waals surface area contributed by atoms with Gasteiger partial charge in [-0.3, -0.25) is 0 Å². The molecule has 0 saturated carbocycles. The molecule has 0 heterocycles. The number of carbonyl (C=O) groups excluding carboxylic acids is 1. The van der Waals surface area contributed by atoms with E-state index in [1.54, 1.807) is 37.5 Å². The summed E-state index contributed by atoms with van der Waals surface area (Å²) in [6, 6.07) is 7.20. The van der Waals surface area contributed by atoms with Gasteiger partial charge < -0.3 is 14.2 Å². The second kappa shape index (κ2) is 6.50. The standard InChI is InChI=1S/C12H14O4/c1-14-10-5-7-11(8-6-10)16-9-3-4-12(13)15-2/h3-8H,9H2,1-2H3/b4-3+. The van der Waals surface area contributed by atoms with Gasteiger partial charge in [-0.15, -0.1) is 0 Å². The van der Waals surface area contributed by atoms with E-state index in [1.807, 2.05) is 0 Å². The Labute approximate surface area is 94.4 Å². The Bertz CT molecular complexity index is 354. The average Bonchev–Trinajstić information content (AvgIpc) is 2.35. The second-order valence-electron chi connectivity index (χ2n) is 2.91. The van der Waals surface area contributed by atoms with Gasteiger partial charge in [0.1, 0.15) is 18.1 Å². The fourth-order valence-electron chi connectivity index (χ4n) is 1.03. The SMILES string of the molecule is COC(=O)/C=C/COc1ccc(OC)cc1. The monoisotopic (exact) mass is 222 g/mol. The molecule has 0 bridgehead atoms. The highest BCUT2D eigenvalue weighted by atomic mass is 16.5. The summed E-state index contributed by atoms with van der Waals surface area (Å²) >= 11 is 0. The molecule has 0 spiro atoms. The third-order valence-electron chi connectivity index (χ3n) is 1.86. The normalized spacial score (nSPS) is 10.1. The Balaban J connectivity index is 2.37. The summed E-state index contributed by atoms with van der Waals surface area (Å²) in [6.45, 7) is 0.321. The van der Waals surface area contributed by atoms with E-state index < -0.39 is 5.97 Å². The lowest BCUT2D eigenvalue weighted by atomic mass is 10.3. The maximum atomic E-state index is 10.7.